The molecule has 0 saturated carbocycles. The van der Waals surface area contributed by atoms with E-state index in [4.69, 9.17) is 9.16 Å². The number of carbonyl (C=O) groups is 1. The predicted octanol–water partition coefficient (Wildman–Crippen LogP) is 4.84. The van der Waals surface area contributed by atoms with Crippen LogP contribution in [0.3, 0.4) is 0 Å². The first kappa shape index (κ1) is 18.8. The summed E-state index contributed by atoms with van der Waals surface area (Å²) in [6, 6.07) is 9.63. The highest BCUT2D eigenvalue weighted by Gasteiger charge is 2.33. The van der Waals surface area contributed by atoms with E-state index in [9.17, 15) is 9.18 Å². The number of esters is 1. The zero-order valence-electron chi connectivity index (χ0n) is 14.0. The van der Waals surface area contributed by atoms with Gasteiger partial charge < -0.3 is 9.16 Å². The summed E-state index contributed by atoms with van der Waals surface area (Å²) in [6.45, 7) is 6.41. The minimum absolute atomic E-state index is 0.233. The zero-order valence-corrected chi connectivity index (χ0v) is 15.0. The van der Waals surface area contributed by atoms with Crippen LogP contribution in [0.25, 0.3) is 0 Å². The second-order valence-corrected chi connectivity index (χ2v) is 10.2. The molecular formula is C17H27FO3Si. The van der Waals surface area contributed by atoms with Gasteiger partial charge in [-0.1, -0.05) is 39.0 Å². The number of methoxy groups -OCH3 is 1. The summed E-state index contributed by atoms with van der Waals surface area (Å²) in [5.74, 6) is -0.565. The van der Waals surface area contributed by atoms with Crippen LogP contribution in [0.5, 0.6) is 0 Å². The molecule has 0 N–H and O–H groups in total. The zero-order chi connectivity index (χ0) is 16.6. The molecule has 124 valence electrons. The Kier molecular flexibility index (Phi) is 7.75. The minimum Gasteiger partial charge on any atom is -0.469 e. The largest absolute Gasteiger partial charge is 0.469 e. The van der Waals surface area contributed by atoms with E-state index in [-0.39, 0.29) is 24.3 Å². The van der Waals surface area contributed by atoms with Crippen molar-refractivity contribution in [2.75, 3.05) is 7.11 Å². The van der Waals surface area contributed by atoms with Gasteiger partial charge in [-0.15, -0.1) is 0 Å². The molecule has 0 bridgehead atoms. The smallest absolute Gasteiger partial charge is 0.305 e. The molecule has 1 atom stereocenters. The van der Waals surface area contributed by atoms with Crippen molar-refractivity contribution in [3.05, 3.63) is 35.6 Å². The fraction of sp³-hybridized carbons (Fsp3) is 0.588. The Bertz CT molecular complexity index is 466. The van der Waals surface area contributed by atoms with Gasteiger partial charge in [-0.3, -0.25) is 4.79 Å². The Hall–Kier alpha value is -1.20. The van der Waals surface area contributed by atoms with Crippen LogP contribution < -0.4 is 0 Å². The maximum absolute atomic E-state index is 14.2. The number of carbonyl (C=O) groups excluding carboxylic acids is 1. The monoisotopic (exact) mass is 326 g/mol. The van der Waals surface area contributed by atoms with Crippen LogP contribution in [-0.2, 0) is 14.0 Å². The second kappa shape index (κ2) is 9.05. The Balaban J connectivity index is 3.01. The number of rotatable bonds is 9. The van der Waals surface area contributed by atoms with Gasteiger partial charge in [-0.2, -0.15) is 0 Å². The molecule has 0 aliphatic carbocycles. The van der Waals surface area contributed by atoms with Gasteiger partial charge >= 0.3 is 5.97 Å². The minimum atomic E-state index is -1.89. The lowest BCUT2D eigenvalue weighted by molar-refractivity contribution is -0.141. The Labute approximate surface area is 134 Å². The van der Waals surface area contributed by atoms with Crippen molar-refractivity contribution in [3.8, 4) is 0 Å². The number of ether oxygens (including phenoxy) is 1. The van der Waals surface area contributed by atoms with E-state index in [0.717, 1.165) is 18.1 Å². The lowest BCUT2D eigenvalue weighted by atomic mass is 10.0. The summed E-state index contributed by atoms with van der Waals surface area (Å²) in [5, 5.41) is 0. The Morgan fingerprint density at radius 2 is 1.77 bits per heavy atom. The highest BCUT2D eigenvalue weighted by atomic mass is 28.4. The van der Waals surface area contributed by atoms with Crippen LogP contribution in [0.4, 0.5) is 4.39 Å². The molecule has 1 rings (SSSR count). The second-order valence-electron chi connectivity index (χ2n) is 5.49. The summed E-state index contributed by atoms with van der Waals surface area (Å²) >= 11 is 0. The van der Waals surface area contributed by atoms with Crippen LogP contribution in [0.1, 0.15) is 45.3 Å². The fourth-order valence-electron chi connectivity index (χ4n) is 2.67. The van der Waals surface area contributed by atoms with Crippen molar-refractivity contribution in [2.24, 2.45) is 0 Å². The third-order valence-electron chi connectivity index (χ3n) is 4.42. The molecule has 0 fully saturated rings. The average molecular weight is 326 g/mol. The third-order valence-corrected chi connectivity index (χ3v) is 9.07. The molecule has 0 amide bonds. The summed E-state index contributed by atoms with van der Waals surface area (Å²) in [7, 11) is -0.522. The third kappa shape index (κ3) is 4.92. The van der Waals surface area contributed by atoms with E-state index < -0.39 is 8.32 Å². The summed E-state index contributed by atoms with van der Waals surface area (Å²) in [5.41, 5.74) is 0.540. The van der Waals surface area contributed by atoms with E-state index in [0.29, 0.717) is 12.0 Å². The van der Waals surface area contributed by atoms with Gasteiger partial charge in [0, 0.05) is 12.0 Å². The molecule has 0 saturated heterocycles. The van der Waals surface area contributed by atoms with Crippen LogP contribution in [0.2, 0.25) is 18.1 Å². The maximum atomic E-state index is 14.2. The number of hydrogen-bond acceptors (Lipinski definition) is 3. The molecule has 0 aromatic heterocycles. The molecule has 1 unspecified atom stereocenters. The topological polar surface area (TPSA) is 35.5 Å². The highest BCUT2D eigenvalue weighted by Crippen LogP contribution is 2.33. The molecule has 0 aliphatic heterocycles. The van der Waals surface area contributed by atoms with Gasteiger partial charge in [-0.25, -0.2) is 4.39 Å². The maximum Gasteiger partial charge on any atom is 0.305 e. The molecule has 0 spiro atoms. The van der Waals surface area contributed by atoms with Crippen molar-refractivity contribution < 1.29 is 18.3 Å². The summed E-state index contributed by atoms with van der Waals surface area (Å²) in [6.07, 6.45) is 0.297. The molecule has 3 nitrogen and oxygen atoms in total. The molecule has 22 heavy (non-hydrogen) atoms. The Morgan fingerprint density at radius 3 is 2.27 bits per heavy atom. The van der Waals surface area contributed by atoms with E-state index in [1.165, 1.54) is 13.2 Å². The van der Waals surface area contributed by atoms with Gasteiger partial charge in [-0.05, 0) is 30.6 Å². The molecular weight excluding hydrogens is 299 g/mol. The van der Waals surface area contributed by atoms with Crippen LogP contribution in [-0.4, -0.2) is 21.4 Å². The predicted molar refractivity (Wildman–Crippen MR) is 88.7 cm³/mol. The highest BCUT2D eigenvalue weighted by molar-refractivity contribution is 6.73. The number of halogens is 1. The van der Waals surface area contributed by atoms with E-state index in [1.807, 2.05) is 0 Å². The first-order chi connectivity index (χ1) is 10.5. The van der Waals surface area contributed by atoms with Crippen molar-refractivity contribution in [2.45, 2.75) is 57.8 Å². The summed E-state index contributed by atoms with van der Waals surface area (Å²) < 4.78 is 25.3. The quantitative estimate of drug-likeness (QED) is 0.481. The van der Waals surface area contributed by atoms with Gasteiger partial charge in [0.2, 0.25) is 0 Å². The number of benzene rings is 1. The normalized spacial score (nSPS) is 13.0. The van der Waals surface area contributed by atoms with Crippen molar-refractivity contribution in [1.82, 2.24) is 0 Å². The fourth-order valence-corrected chi connectivity index (χ4v) is 5.52. The van der Waals surface area contributed by atoms with Crippen LogP contribution in [0.15, 0.2) is 24.3 Å². The van der Waals surface area contributed by atoms with Crippen molar-refractivity contribution >= 4 is 14.3 Å². The standard InChI is InChI=1S/C17H27FO3Si/c1-5-22(6-2,7-3)21-16(12-13-17(19)20-4)14-10-8-9-11-15(14)18/h8-11,16H,5-7,12-13H2,1-4H3. The van der Waals surface area contributed by atoms with Gasteiger partial charge in [0.1, 0.15) is 5.82 Å². The lowest BCUT2D eigenvalue weighted by Crippen LogP contribution is -2.37. The average Bonchev–Trinajstić information content (AvgIpc) is 2.56. The van der Waals surface area contributed by atoms with Crippen molar-refractivity contribution in [1.29, 1.82) is 0 Å². The number of hydrogen-bond donors (Lipinski definition) is 0. The van der Waals surface area contributed by atoms with E-state index in [1.54, 1.807) is 18.2 Å². The first-order valence-electron chi connectivity index (χ1n) is 8.01. The molecule has 1 aromatic carbocycles. The first-order valence-corrected chi connectivity index (χ1v) is 10.5. The van der Waals surface area contributed by atoms with Gasteiger partial charge in [0.05, 0.1) is 13.2 Å². The van der Waals surface area contributed by atoms with E-state index >= 15 is 0 Å². The molecule has 0 radical (unpaired) electrons. The van der Waals surface area contributed by atoms with Crippen LogP contribution >= 0.6 is 0 Å². The summed E-state index contributed by atoms with van der Waals surface area (Å²) in [4.78, 5) is 11.4. The molecule has 0 aliphatic rings. The van der Waals surface area contributed by atoms with Gasteiger partial charge in [0.25, 0.3) is 0 Å². The SMILES string of the molecule is CC[Si](CC)(CC)OC(CCC(=O)OC)c1ccccc1F. The molecule has 1 aromatic rings. The van der Waals surface area contributed by atoms with Gasteiger partial charge in [0.15, 0.2) is 8.32 Å². The Morgan fingerprint density at radius 1 is 1.18 bits per heavy atom. The lowest BCUT2D eigenvalue weighted by Gasteiger charge is -2.33. The molecule has 0 heterocycles. The molecule has 5 heteroatoms. The van der Waals surface area contributed by atoms with E-state index in [2.05, 4.69) is 20.8 Å². The van der Waals surface area contributed by atoms with Crippen LogP contribution in [0, 0.1) is 5.82 Å². The van der Waals surface area contributed by atoms with Crippen molar-refractivity contribution in [3.63, 3.8) is 0 Å².